The van der Waals surface area contributed by atoms with Crippen LogP contribution in [0.25, 0.3) is 0 Å². The summed E-state index contributed by atoms with van der Waals surface area (Å²) in [6.45, 7) is 2.27. The van der Waals surface area contributed by atoms with Crippen LogP contribution in [0.4, 0.5) is 0 Å². The van der Waals surface area contributed by atoms with Gasteiger partial charge in [-0.25, -0.2) is 0 Å². The number of rotatable bonds is 2. The Morgan fingerprint density at radius 1 is 1.36 bits per heavy atom. The largest absolute Gasteiger partial charge is 0.303 e. The molecule has 1 heteroatoms. The van der Waals surface area contributed by atoms with Gasteiger partial charge in [-0.2, -0.15) is 0 Å². The molecule has 0 aromatic carbocycles. The van der Waals surface area contributed by atoms with Gasteiger partial charge in [0.15, 0.2) is 0 Å². The summed E-state index contributed by atoms with van der Waals surface area (Å²) in [5.74, 6) is 1.56. The van der Waals surface area contributed by atoms with Gasteiger partial charge < -0.3 is 4.79 Å². The van der Waals surface area contributed by atoms with Gasteiger partial charge >= 0.3 is 0 Å². The van der Waals surface area contributed by atoms with Crippen LogP contribution in [0.2, 0.25) is 0 Å². The fourth-order valence-electron chi connectivity index (χ4n) is 2.60. The molecular weight excluding hydrogens is 136 g/mol. The Hall–Kier alpha value is -0.330. The minimum atomic E-state index is 0.138. The van der Waals surface area contributed by atoms with Crippen molar-refractivity contribution >= 4 is 6.29 Å². The zero-order valence-corrected chi connectivity index (χ0v) is 7.18. The summed E-state index contributed by atoms with van der Waals surface area (Å²) in [5, 5.41) is 0. The minimum absolute atomic E-state index is 0.138. The van der Waals surface area contributed by atoms with Gasteiger partial charge in [0.05, 0.1) is 0 Å². The monoisotopic (exact) mass is 152 g/mol. The molecule has 0 spiro atoms. The molecule has 62 valence electrons. The summed E-state index contributed by atoms with van der Waals surface area (Å²) in [6.07, 6.45) is 7.49. The van der Waals surface area contributed by atoms with Crippen molar-refractivity contribution in [2.75, 3.05) is 0 Å². The van der Waals surface area contributed by atoms with Gasteiger partial charge in [0.2, 0.25) is 0 Å². The molecule has 2 fully saturated rings. The summed E-state index contributed by atoms with van der Waals surface area (Å²) >= 11 is 0. The first-order valence-corrected chi connectivity index (χ1v) is 4.73. The second kappa shape index (κ2) is 2.33. The fourth-order valence-corrected chi connectivity index (χ4v) is 2.60. The molecule has 2 unspecified atom stereocenters. The van der Waals surface area contributed by atoms with Crippen LogP contribution in [0.15, 0.2) is 0 Å². The second-order valence-corrected chi connectivity index (χ2v) is 4.47. The second-order valence-electron chi connectivity index (χ2n) is 4.47. The van der Waals surface area contributed by atoms with Gasteiger partial charge in [-0.15, -0.1) is 0 Å². The molecule has 2 aliphatic rings. The molecule has 0 saturated heterocycles. The van der Waals surface area contributed by atoms with E-state index < -0.39 is 0 Å². The Bertz CT molecular complexity index is 172. The fraction of sp³-hybridized carbons (Fsp3) is 0.900. The van der Waals surface area contributed by atoms with E-state index in [4.69, 9.17) is 0 Å². The first-order chi connectivity index (χ1) is 5.27. The van der Waals surface area contributed by atoms with Gasteiger partial charge in [0, 0.05) is 5.41 Å². The summed E-state index contributed by atoms with van der Waals surface area (Å²) in [7, 11) is 0. The smallest absolute Gasteiger partial charge is 0.126 e. The van der Waals surface area contributed by atoms with Crippen LogP contribution in [0, 0.1) is 17.3 Å². The molecular formula is C10H16O. The minimum Gasteiger partial charge on any atom is -0.303 e. The van der Waals surface area contributed by atoms with Crippen molar-refractivity contribution in [3.8, 4) is 0 Å². The lowest BCUT2D eigenvalue weighted by molar-refractivity contribution is -0.117. The van der Waals surface area contributed by atoms with Gasteiger partial charge in [-0.3, -0.25) is 0 Å². The average molecular weight is 152 g/mol. The highest BCUT2D eigenvalue weighted by molar-refractivity contribution is 5.61. The summed E-state index contributed by atoms with van der Waals surface area (Å²) in [6, 6.07) is 0. The molecule has 0 heterocycles. The van der Waals surface area contributed by atoms with Crippen molar-refractivity contribution in [1.82, 2.24) is 0 Å². The number of hydrogen-bond acceptors (Lipinski definition) is 1. The van der Waals surface area contributed by atoms with Gasteiger partial charge in [-0.05, 0) is 43.9 Å². The molecule has 1 nitrogen and oxygen atoms in total. The molecule has 0 bridgehead atoms. The third-order valence-corrected chi connectivity index (χ3v) is 3.46. The Labute approximate surface area is 68.2 Å². The lowest BCUT2D eigenvalue weighted by Gasteiger charge is -2.20. The van der Waals surface area contributed by atoms with E-state index in [0.717, 1.165) is 11.8 Å². The lowest BCUT2D eigenvalue weighted by atomic mass is 9.82. The van der Waals surface area contributed by atoms with E-state index in [0.29, 0.717) is 0 Å². The molecule has 0 amide bonds. The standard InChI is InChI=1S/C10H16O/c1-8-4-5-10(6-8,7-11)9-2-3-9/h7-9H,2-6H2,1H3. The van der Waals surface area contributed by atoms with Crippen LogP contribution >= 0.6 is 0 Å². The van der Waals surface area contributed by atoms with E-state index in [1.54, 1.807) is 0 Å². The van der Waals surface area contributed by atoms with Crippen LogP contribution in [-0.2, 0) is 4.79 Å². The zero-order valence-electron chi connectivity index (χ0n) is 7.18. The Morgan fingerprint density at radius 2 is 2.09 bits per heavy atom. The molecule has 0 aromatic rings. The van der Waals surface area contributed by atoms with Crippen LogP contribution in [0.3, 0.4) is 0 Å². The molecule has 2 atom stereocenters. The third-order valence-electron chi connectivity index (χ3n) is 3.46. The van der Waals surface area contributed by atoms with E-state index in [9.17, 15) is 4.79 Å². The first kappa shape index (κ1) is 7.33. The number of carbonyl (C=O) groups excluding carboxylic acids is 1. The van der Waals surface area contributed by atoms with E-state index >= 15 is 0 Å². The highest BCUT2D eigenvalue weighted by Gasteiger charge is 2.48. The van der Waals surface area contributed by atoms with Crippen LogP contribution in [0.5, 0.6) is 0 Å². The van der Waals surface area contributed by atoms with Gasteiger partial charge in [0.25, 0.3) is 0 Å². The summed E-state index contributed by atoms with van der Waals surface area (Å²) < 4.78 is 0. The van der Waals surface area contributed by atoms with Crippen LogP contribution in [0.1, 0.15) is 39.0 Å². The van der Waals surface area contributed by atoms with Crippen LogP contribution in [-0.4, -0.2) is 6.29 Å². The molecule has 0 aromatic heterocycles. The van der Waals surface area contributed by atoms with Crippen molar-refractivity contribution in [2.24, 2.45) is 17.3 Å². The highest BCUT2D eigenvalue weighted by Crippen LogP contribution is 2.54. The number of aldehydes is 1. The maximum Gasteiger partial charge on any atom is 0.126 e. The Morgan fingerprint density at radius 3 is 2.45 bits per heavy atom. The van der Waals surface area contributed by atoms with E-state index in [1.165, 1.54) is 38.4 Å². The lowest BCUT2D eigenvalue weighted by Crippen LogP contribution is -2.21. The summed E-state index contributed by atoms with van der Waals surface area (Å²) in [5.41, 5.74) is 0.138. The van der Waals surface area contributed by atoms with Crippen LogP contribution < -0.4 is 0 Å². The van der Waals surface area contributed by atoms with E-state index in [2.05, 4.69) is 6.92 Å². The molecule has 0 aliphatic heterocycles. The van der Waals surface area contributed by atoms with Gasteiger partial charge in [-0.1, -0.05) is 6.92 Å². The highest BCUT2D eigenvalue weighted by atomic mass is 16.1. The molecule has 2 rings (SSSR count). The normalized spacial score (nSPS) is 44.3. The topological polar surface area (TPSA) is 17.1 Å². The molecule has 2 saturated carbocycles. The maximum absolute atomic E-state index is 11.0. The van der Waals surface area contributed by atoms with Crippen molar-refractivity contribution in [2.45, 2.75) is 39.0 Å². The molecule has 0 radical (unpaired) electrons. The third kappa shape index (κ3) is 1.11. The predicted molar refractivity (Wildman–Crippen MR) is 44.2 cm³/mol. The van der Waals surface area contributed by atoms with E-state index in [-0.39, 0.29) is 5.41 Å². The quantitative estimate of drug-likeness (QED) is 0.555. The molecule has 11 heavy (non-hydrogen) atoms. The van der Waals surface area contributed by atoms with Crippen molar-refractivity contribution in [3.63, 3.8) is 0 Å². The molecule has 2 aliphatic carbocycles. The maximum atomic E-state index is 11.0. The molecule has 0 N–H and O–H groups in total. The number of hydrogen-bond donors (Lipinski definition) is 0. The van der Waals surface area contributed by atoms with Crippen molar-refractivity contribution in [1.29, 1.82) is 0 Å². The number of carbonyl (C=O) groups is 1. The predicted octanol–water partition coefficient (Wildman–Crippen LogP) is 2.40. The Balaban J connectivity index is 2.10. The van der Waals surface area contributed by atoms with E-state index in [1.807, 2.05) is 0 Å². The van der Waals surface area contributed by atoms with Crippen molar-refractivity contribution < 1.29 is 4.79 Å². The first-order valence-electron chi connectivity index (χ1n) is 4.73. The Kier molecular flexibility index (Phi) is 1.55. The van der Waals surface area contributed by atoms with Gasteiger partial charge in [0.1, 0.15) is 6.29 Å². The average Bonchev–Trinajstić information content (AvgIpc) is 2.77. The van der Waals surface area contributed by atoms with Crippen molar-refractivity contribution in [3.05, 3.63) is 0 Å². The zero-order chi connectivity index (χ0) is 7.90. The SMILES string of the molecule is CC1CCC(C=O)(C2CC2)C1. The summed E-state index contributed by atoms with van der Waals surface area (Å²) in [4.78, 5) is 11.0.